The van der Waals surface area contributed by atoms with Gasteiger partial charge in [-0.3, -0.25) is 4.79 Å². The SMILES string of the molecule is Cc1ccccc1-c1nnn(CC(=O)N(C(C)C)C2CCCCC2)n1. The third kappa shape index (κ3) is 4.06. The summed E-state index contributed by atoms with van der Waals surface area (Å²) in [6.07, 6.45) is 5.90. The molecule has 6 nitrogen and oxygen atoms in total. The Balaban J connectivity index is 1.73. The molecule has 0 atom stereocenters. The van der Waals surface area contributed by atoms with Crippen LogP contribution in [0.2, 0.25) is 0 Å². The first-order valence-electron chi connectivity index (χ1n) is 9.21. The highest BCUT2D eigenvalue weighted by molar-refractivity contribution is 5.76. The molecule has 1 aliphatic carbocycles. The lowest BCUT2D eigenvalue weighted by Gasteiger charge is -2.37. The van der Waals surface area contributed by atoms with Crippen molar-refractivity contribution in [1.29, 1.82) is 0 Å². The molecule has 1 amide bonds. The first-order chi connectivity index (χ1) is 12.1. The molecule has 0 saturated heterocycles. The number of nitrogens with zero attached hydrogens (tertiary/aromatic N) is 5. The molecule has 134 valence electrons. The van der Waals surface area contributed by atoms with Gasteiger partial charge in [0.1, 0.15) is 6.54 Å². The maximum atomic E-state index is 12.9. The van der Waals surface area contributed by atoms with Gasteiger partial charge in [-0.1, -0.05) is 43.5 Å². The molecule has 6 heteroatoms. The Labute approximate surface area is 149 Å². The summed E-state index contributed by atoms with van der Waals surface area (Å²) in [6.45, 7) is 6.33. The topological polar surface area (TPSA) is 63.9 Å². The summed E-state index contributed by atoms with van der Waals surface area (Å²) in [7, 11) is 0. The molecule has 1 saturated carbocycles. The molecule has 1 heterocycles. The lowest BCUT2D eigenvalue weighted by molar-refractivity contribution is -0.137. The van der Waals surface area contributed by atoms with Crippen LogP contribution in [0.4, 0.5) is 0 Å². The molecule has 0 aliphatic heterocycles. The molecule has 3 rings (SSSR count). The quantitative estimate of drug-likeness (QED) is 0.837. The number of carbonyl (C=O) groups excluding carboxylic acids is 1. The van der Waals surface area contributed by atoms with Crippen LogP contribution in [0.25, 0.3) is 11.4 Å². The number of aryl methyl sites for hydroxylation is 1. The first-order valence-corrected chi connectivity index (χ1v) is 9.21. The summed E-state index contributed by atoms with van der Waals surface area (Å²) in [5.74, 6) is 0.648. The molecule has 0 unspecified atom stereocenters. The van der Waals surface area contributed by atoms with Gasteiger partial charge >= 0.3 is 0 Å². The maximum Gasteiger partial charge on any atom is 0.246 e. The van der Waals surface area contributed by atoms with Gasteiger partial charge in [0.15, 0.2) is 0 Å². The van der Waals surface area contributed by atoms with E-state index in [2.05, 4.69) is 29.3 Å². The Morgan fingerprint density at radius 3 is 2.64 bits per heavy atom. The average molecular weight is 341 g/mol. The highest BCUT2D eigenvalue weighted by Crippen LogP contribution is 2.24. The number of hydrogen-bond acceptors (Lipinski definition) is 4. The molecule has 1 aromatic carbocycles. The zero-order valence-corrected chi connectivity index (χ0v) is 15.4. The van der Waals surface area contributed by atoms with E-state index in [0.29, 0.717) is 11.9 Å². The summed E-state index contributed by atoms with van der Waals surface area (Å²) in [5.41, 5.74) is 2.05. The highest BCUT2D eigenvalue weighted by atomic mass is 16.2. The van der Waals surface area contributed by atoms with Crippen LogP contribution in [0.5, 0.6) is 0 Å². The molecular formula is C19H27N5O. The van der Waals surface area contributed by atoms with Gasteiger partial charge < -0.3 is 4.90 Å². The molecule has 0 bridgehead atoms. The van der Waals surface area contributed by atoms with Crippen LogP contribution in [0.15, 0.2) is 24.3 Å². The molecule has 1 fully saturated rings. The molecule has 1 aliphatic rings. The van der Waals surface area contributed by atoms with Gasteiger partial charge in [-0.05, 0) is 44.4 Å². The second kappa shape index (κ2) is 7.76. The van der Waals surface area contributed by atoms with Gasteiger partial charge in [0.2, 0.25) is 11.7 Å². The molecule has 2 aromatic rings. The van der Waals surface area contributed by atoms with E-state index >= 15 is 0 Å². The van der Waals surface area contributed by atoms with Crippen molar-refractivity contribution in [2.24, 2.45) is 0 Å². The lowest BCUT2D eigenvalue weighted by atomic mass is 9.93. The van der Waals surface area contributed by atoms with Crippen molar-refractivity contribution in [2.45, 2.75) is 71.5 Å². The minimum atomic E-state index is 0.0793. The Morgan fingerprint density at radius 1 is 1.24 bits per heavy atom. The minimum absolute atomic E-state index is 0.0793. The second-order valence-corrected chi connectivity index (χ2v) is 7.14. The third-order valence-corrected chi connectivity index (χ3v) is 4.93. The van der Waals surface area contributed by atoms with E-state index in [4.69, 9.17) is 0 Å². The van der Waals surface area contributed by atoms with E-state index in [1.165, 1.54) is 24.1 Å². The van der Waals surface area contributed by atoms with Gasteiger partial charge in [-0.25, -0.2) is 0 Å². The Bertz CT molecular complexity index is 718. The second-order valence-electron chi connectivity index (χ2n) is 7.14. The van der Waals surface area contributed by atoms with Crippen LogP contribution in [0.1, 0.15) is 51.5 Å². The predicted molar refractivity (Wildman–Crippen MR) is 96.8 cm³/mol. The van der Waals surface area contributed by atoms with Crippen LogP contribution in [0, 0.1) is 6.92 Å². The molecule has 0 radical (unpaired) electrons. The van der Waals surface area contributed by atoms with Crippen LogP contribution in [-0.2, 0) is 11.3 Å². The molecule has 0 spiro atoms. The summed E-state index contributed by atoms with van der Waals surface area (Å²) >= 11 is 0. The van der Waals surface area contributed by atoms with E-state index in [0.717, 1.165) is 24.0 Å². The van der Waals surface area contributed by atoms with Crippen molar-refractivity contribution in [2.75, 3.05) is 0 Å². The minimum Gasteiger partial charge on any atom is -0.336 e. The average Bonchev–Trinajstić information content (AvgIpc) is 3.04. The van der Waals surface area contributed by atoms with Crippen LogP contribution >= 0.6 is 0 Å². The number of hydrogen-bond donors (Lipinski definition) is 0. The summed E-state index contributed by atoms with van der Waals surface area (Å²) in [6, 6.07) is 8.47. The monoisotopic (exact) mass is 341 g/mol. The van der Waals surface area contributed by atoms with Gasteiger partial charge in [0.05, 0.1) is 0 Å². The van der Waals surface area contributed by atoms with Crippen molar-refractivity contribution in [3.63, 3.8) is 0 Å². The fourth-order valence-corrected chi connectivity index (χ4v) is 3.72. The normalized spacial score (nSPS) is 15.5. The number of aromatic nitrogens is 4. The van der Waals surface area contributed by atoms with Gasteiger partial charge in [-0.2, -0.15) is 4.80 Å². The first kappa shape index (κ1) is 17.6. The number of rotatable bonds is 5. The van der Waals surface area contributed by atoms with Crippen molar-refractivity contribution < 1.29 is 4.79 Å². The molecular weight excluding hydrogens is 314 g/mol. The summed E-state index contributed by atoms with van der Waals surface area (Å²) < 4.78 is 0. The smallest absolute Gasteiger partial charge is 0.246 e. The van der Waals surface area contributed by atoms with E-state index < -0.39 is 0 Å². The fraction of sp³-hybridized carbons (Fsp3) is 0.579. The number of carbonyl (C=O) groups is 1. The number of tetrazole rings is 1. The maximum absolute atomic E-state index is 12.9. The van der Waals surface area contributed by atoms with E-state index in [9.17, 15) is 4.79 Å². The summed E-state index contributed by atoms with van der Waals surface area (Å²) in [5, 5.41) is 12.6. The predicted octanol–water partition coefficient (Wildman–Crippen LogP) is 3.22. The number of amides is 1. The van der Waals surface area contributed by atoms with E-state index in [-0.39, 0.29) is 18.5 Å². The lowest BCUT2D eigenvalue weighted by Crippen LogP contribution is -2.47. The largest absolute Gasteiger partial charge is 0.336 e. The standard InChI is InChI=1S/C19H27N5O/c1-14(2)24(16-10-5-4-6-11-16)18(25)13-23-21-19(20-22-23)17-12-8-7-9-15(17)3/h7-9,12,14,16H,4-6,10-11,13H2,1-3H3. The van der Waals surface area contributed by atoms with Crippen LogP contribution in [0.3, 0.4) is 0 Å². The van der Waals surface area contributed by atoms with Crippen LogP contribution in [-0.4, -0.2) is 43.1 Å². The zero-order chi connectivity index (χ0) is 17.8. The van der Waals surface area contributed by atoms with Gasteiger partial charge in [-0.15, -0.1) is 10.2 Å². The van der Waals surface area contributed by atoms with Crippen molar-refractivity contribution in [3.05, 3.63) is 29.8 Å². The van der Waals surface area contributed by atoms with Crippen LogP contribution < -0.4 is 0 Å². The zero-order valence-electron chi connectivity index (χ0n) is 15.4. The van der Waals surface area contributed by atoms with Gasteiger partial charge in [0, 0.05) is 17.6 Å². The van der Waals surface area contributed by atoms with Crippen molar-refractivity contribution in [3.8, 4) is 11.4 Å². The fourth-order valence-electron chi connectivity index (χ4n) is 3.72. The Kier molecular flexibility index (Phi) is 5.46. The number of benzene rings is 1. The highest BCUT2D eigenvalue weighted by Gasteiger charge is 2.28. The van der Waals surface area contributed by atoms with Crippen molar-refractivity contribution >= 4 is 5.91 Å². The third-order valence-electron chi connectivity index (χ3n) is 4.93. The Hall–Kier alpha value is -2.24. The van der Waals surface area contributed by atoms with E-state index in [1.54, 1.807) is 0 Å². The Morgan fingerprint density at radius 2 is 1.96 bits per heavy atom. The van der Waals surface area contributed by atoms with Crippen molar-refractivity contribution in [1.82, 2.24) is 25.1 Å². The molecule has 25 heavy (non-hydrogen) atoms. The van der Waals surface area contributed by atoms with Gasteiger partial charge in [0.25, 0.3) is 0 Å². The molecule has 0 N–H and O–H groups in total. The summed E-state index contributed by atoms with van der Waals surface area (Å²) in [4.78, 5) is 16.3. The van der Waals surface area contributed by atoms with E-state index in [1.807, 2.05) is 36.1 Å². The molecule has 1 aromatic heterocycles.